The summed E-state index contributed by atoms with van der Waals surface area (Å²) >= 11 is 0. The standard InChI is InChI=1S/C17H24N2O4/c20-14(16-4-2-8-22-16)9-11-3-1-7-19(11)17(21)18-13-10-12-5-6-15(13)23-12/h2,4,8,11-15,20H,1,3,5-7,9-10H2,(H,18,21)/t11-,12-,13-,14-,15-/m1/s1. The van der Waals surface area contributed by atoms with Gasteiger partial charge >= 0.3 is 6.03 Å². The van der Waals surface area contributed by atoms with Crippen LogP contribution in [0.3, 0.4) is 0 Å². The quantitative estimate of drug-likeness (QED) is 0.892. The number of likely N-dealkylation sites (tertiary alicyclic amines) is 1. The summed E-state index contributed by atoms with van der Waals surface area (Å²) in [6.07, 6.45) is 6.97. The van der Waals surface area contributed by atoms with Gasteiger partial charge in [-0.3, -0.25) is 0 Å². The van der Waals surface area contributed by atoms with Crippen LogP contribution in [0.1, 0.15) is 50.4 Å². The largest absolute Gasteiger partial charge is 0.467 e. The van der Waals surface area contributed by atoms with Crippen LogP contribution in [0.15, 0.2) is 22.8 Å². The smallest absolute Gasteiger partial charge is 0.317 e. The Morgan fingerprint density at radius 1 is 1.43 bits per heavy atom. The Hall–Kier alpha value is -1.53. The van der Waals surface area contributed by atoms with Gasteiger partial charge in [-0.2, -0.15) is 0 Å². The molecule has 3 aliphatic rings. The number of ether oxygens (including phenoxy) is 1. The molecule has 1 aromatic heterocycles. The summed E-state index contributed by atoms with van der Waals surface area (Å²) in [6, 6.07) is 3.75. The van der Waals surface area contributed by atoms with Gasteiger partial charge in [0.15, 0.2) is 0 Å². The third kappa shape index (κ3) is 2.97. The van der Waals surface area contributed by atoms with Crippen molar-refractivity contribution in [3.05, 3.63) is 24.2 Å². The van der Waals surface area contributed by atoms with E-state index >= 15 is 0 Å². The van der Waals surface area contributed by atoms with Crippen LogP contribution in [0.5, 0.6) is 0 Å². The number of carbonyl (C=O) groups is 1. The fourth-order valence-electron chi connectivity index (χ4n) is 4.23. The highest BCUT2D eigenvalue weighted by atomic mass is 16.5. The van der Waals surface area contributed by atoms with Crippen molar-refractivity contribution < 1.29 is 19.1 Å². The first-order valence-corrected chi connectivity index (χ1v) is 8.65. The van der Waals surface area contributed by atoms with Crippen LogP contribution in [0.4, 0.5) is 4.79 Å². The molecule has 3 aliphatic heterocycles. The first kappa shape index (κ1) is 15.0. The molecule has 5 atom stereocenters. The lowest BCUT2D eigenvalue weighted by atomic mass is 9.96. The third-order valence-electron chi connectivity index (χ3n) is 5.42. The van der Waals surface area contributed by atoms with Gasteiger partial charge < -0.3 is 24.5 Å². The zero-order valence-corrected chi connectivity index (χ0v) is 13.2. The van der Waals surface area contributed by atoms with Crippen LogP contribution in [0, 0.1) is 0 Å². The predicted molar refractivity (Wildman–Crippen MR) is 82.8 cm³/mol. The van der Waals surface area contributed by atoms with Crippen LogP contribution >= 0.6 is 0 Å². The molecule has 2 amide bonds. The van der Waals surface area contributed by atoms with E-state index in [4.69, 9.17) is 9.15 Å². The molecule has 4 heterocycles. The minimum atomic E-state index is -0.658. The summed E-state index contributed by atoms with van der Waals surface area (Å²) in [7, 11) is 0. The van der Waals surface area contributed by atoms with Crippen LogP contribution in [0.25, 0.3) is 0 Å². The minimum absolute atomic E-state index is 0.0136. The van der Waals surface area contributed by atoms with Crippen molar-refractivity contribution in [3.63, 3.8) is 0 Å². The van der Waals surface area contributed by atoms with E-state index in [-0.39, 0.29) is 24.2 Å². The second-order valence-corrected chi connectivity index (χ2v) is 6.92. The van der Waals surface area contributed by atoms with Gasteiger partial charge in [-0.1, -0.05) is 0 Å². The van der Waals surface area contributed by atoms with Crippen molar-refractivity contribution in [1.82, 2.24) is 10.2 Å². The number of amides is 2. The Kier molecular flexibility index (Phi) is 4.03. The Morgan fingerprint density at radius 2 is 2.35 bits per heavy atom. The summed E-state index contributed by atoms with van der Waals surface area (Å²) < 4.78 is 11.1. The highest BCUT2D eigenvalue weighted by Gasteiger charge is 2.42. The summed E-state index contributed by atoms with van der Waals surface area (Å²) in [5, 5.41) is 13.4. The molecule has 0 aliphatic carbocycles. The van der Waals surface area contributed by atoms with Gasteiger partial charge in [0.25, 0.3) is 0 Å². The van der Waals surface area contributed by atoms with E-state index in [1.807, 2.05) is 4.90 Å². The SMILES string of the molecule is O=C(N[C@@H]1C[C@H]2CC[C@H]1O2)N1CCC[C@@H]1C[C@@H](O)c1ccco1. The number of aliphatic hydroxyl groups is 1. The fourth-order valence-corrected chi connectivity index (χ4v) is 4.23. The lowest BCUT2D eigenvalue weighted by molar-refractivity contribution is 0.0937. The summed E-state index contributed by atoms with van der Waals surface area (Å²) in [4.78, 5) is 14.5. The van der Waals surface area contributed by atoms with Crippen LogP contribution < -0.4 is 5.32 Å². The van der Waals surface area contributed by atoms with E-state index in [9.17, 15) is 9.90 Å². The Bertz CT molecular complexity index is 547. The molecular weight excluding hydrogens is 296 g/mol. The van der Waals surface area contributed by atoms with Crippen molar-refractivity contribution in [3.8, 4) is 0 Å². The van der Waals surface area contributed by atoms with Crippen molar-refractivity contribution in [2.75, 3.05) is 6.54 Å². The van der Waals surface area contributed by atoms with Gasteiger partial charge in [-0.15, -0.1) is 0 Å². The lowest BCUT2D eigenvalue weighted by Gasteiger charge is -2.29. The van der Waals surface area contributed by atoms with Gasteiger partial charge in [0.1, 0.15) is 11.9 Å². The van der Waals surface area contributed by atoms with Crippen molar-refractivity contribution in [1.29, 1.82) is 0 Å². The highest BCUT2D eigenvalue weighted by Crippen LogP contribution is 2.35. The number of nitrogens with one attached hydrogen (secondary N) is 1. The molecule has 23 heavy (non-hydrogen) atoms. The van der Waals surface area contributed by atoms with Crippen molar-refractivity contribution >= 4 is 6.03 Å². The minimum Gasteiger partial charge on any atom is -0.467 e. The zero-order valence-electron chi connectivity index (χ0n) is 13.2. The summed E-state index contributed by atoms with van der Waals surface area (Å²) in [5.74, 6) is 0.568. The number of hydrogen-bond acceptors (Lipinski definition) is 4. The lowest BCUT2D eigenvalue weighted by Crippen LogP contribution is -2.49. The number of rotatable bonds is 4. The van der Waals surface area contributed by atoms with Gasteiger partial charge in [0, 0.05) is 19.0 Å². The molecule has 3 fully saturated rings. The van der Waals surface area contributed by atoms with E-state index < -0.39 is 6.10 Å². The molecule has 126 valence electrons. The topological polar surface area (TPSA) is 74.9 Å². The zero-order chi connectivity index (χ0) is 15.8. The average molecular weight is 320 g/mol. The molecule has 1 aromatic rings. The number of urea groups is 1. The third-order valence-corrected chi connectivity index (χ3v) is 5.42. The van der Waals surface area contributed by atoms with Crippen molar-refractivity contribution in [2.45, 2.75) is 68.9 Å². The number of hydrogen-bond donors (Lipinski definition) is 2. The maximum absolute atomic E-state index is 12.6. The van der Waals surface area contributed by atoms with E-state index in [1.54, 1.807) is 18.4 Å². The number of carbonyl (C=O) groups excluding carboxylic acids is 1. The van der Waals surface area contributed by atoms with Gasteiger partial charge in [-0.05, 0) is 44.2 Å². The summed E-state index contributed by atoms with van der Waals surface area (Å²) in [5.41, 5.74) is 0. The van der Waals surface area contributed by atoms with Crippen molar-refractivity contribution in [2.24, 2.45) is 0 Å². The van der Waals surface area contributed by atoms with Gasteiger partial charge in [-0.25, -0.2) is 4.79 Å². The molecule has 0 aromatic carbocycles. The molecule has 0 saturated carbocycles. The van der Waals surface area contributed by atoms with E-state index in [0.29, 0.717) is 18.3 Å². The maximum atomic E-state index is 12.6. The van der Waals surface area contributed by atoms with Crippen LogP contribution in [-0.2, 0) is 4.74 Å². The van der Waals surface area contributed by atoms with E-state index in [1.165, 1.54) is 0 Å². The Balaban J connectivity index is 1.34. The Morgan fingerprint density at radius 3 is 3.04 bits per heavy atom. The first-order valence-electron chi connectivity index (χ1n) is 8.65. The molecular formula is C17H24N2O4. The van der Waals surface area contributed by atoms with E-state index in [2.05, 4.69) is 5.32 Å². The normalized spacial score (nSPS) is 34.0. The molecule has 0 spiro atoms. The molecule has 2 N–H and O–H groups in total. The molecule has 4 rings (SSSR count). The molecule has 0 radical (unpaired) electrons. The fraction of sp³-hybridized carbons (Fsp3) is 0.706. The number of furan rings is 1. The highest BCUT2D eigenvalue weighted by molar-refractivity contribution is 5.75. The summed E-state index contributed by atoms with van der Waals surface area (Å²) in [6.45, 7) is 0.753. The number of nitrogens with zero attached hydrogens (tertiary/aromatic N) is 1. The monoisotopic (exact) mass is 320 g/mol. The van der Waals surface area contributed by atoms with Gasteiger partial charge in [0.2, 0.25) is 0 Å². The van der Waals surface area contributed by atoms with Crippen LogP contribution in [0.2, 0.25) is 0 Å². The number of aliphatic hydroxyl groups excluding tert-OH is 1. The predicted octanol–water partition coefficient (Wildman–Crippen LogP) is 2.20. The molecule has 2 bridgehead atoms. The first-order chi connectivity index (χ1) is 11.2. The number of fused-ring (bicyclic) bond motifs is 2. The molecule has 6 nitrogen and oxygen atoms in total. The maximum Gasteiger partial charge on any atom is 0.317 e. The average Bonchev–Trinajstić information content (AvgIpc) is 3.31. The molecule has 0 unspecified atom stereocenters. The second kappa shape index (κ2) is 6.17. The van der Waals surface area contributed by atoms with Gasteiger partial charge in [0.05, 0.1) is 24.5 Å². The Labute approximate surface area is 135 Å². The molecule has 6 heteroatoms. The van der Waals surface area contributed by atoms with Crippen LogP contribution in [-0.4, -0.2) is 46.9 Å². The van der Waals surface area contributed by atoms with E-state index in [0.717, 1.165) is 38.6 Å². The molecule has 3 saturated heterocycles. The second-order valence-electron chi connectivity index (χ2n) is 6.92.